The van der Waals surface area contributed by atoms with Gasteiger partial charge in [-0.15, -0.1) is 11.3 Å². The van der Waals surface area contributed by atoms with Gasteiger partial charge in [0.1, 0.15) is 11.2 Å². The third-order valence-corrected chi connectivity index (χ3v) is 11.0. The van der Waals surface area contributed by atoms with E-state index in [-0.39, 0.29) is 0 Å². The first-order valence-corrected chi connectivity index (χ1v) is 17.8. The Morgan fingerprint density at radius 3 is 1.88 bits per heavy atom. The standard InChI is InChI=1S/C45H26N4OS/c1-2-13-27(14-3-1)49-36-23-7-4-15-28(36)30-18-10-21-34(41(30)49)44-46-43(33-20-12-26-39-40(33)32-17-6-9-25-38(32)51-39)47-45(48-44)35-22-11-19-31-29-16-5-8-24-37(29)50-42(31)35/h1-26H. The fraction of sp³-hybridized carbons (Fsp3) is 0. The number of para-hydroxylation sites is 5. The minimum atomic E-state index is 0.565. The molecular formula is C45H26N4OS. The Bertz CT molecular complexity index is 3150. The number of aromatic nitrogens is 4. The number of rotatable bonds is 4. The molecule has 11 aromatic rings. The molecule has 0 fully saturated rings. The second-order valence-corrected chi connectivity index (χ2v) is 13.8. The fourth-order valence-corrected chi connectivity index (χ4v) is 8.80. The van der Waals surface area contributed by atoms with Gasteiger partial charge in [0.15, 0.2) is 17.5 Å². The second kappa shape index (κ2) is 10.9. The number of fused-ring (bicyclic) bond motifs is 9. The van der Waals surface area contributed by atoms with Gasteiger partial charge >= 0.3 is 0 Å². The Hall–Kier alpha value is -6.63. The molecule has 11 rings (SSSR count). The van der Waals surface area contributed by atoms with Gasteiger partial charge in [0, 0.05) is 58.5 Å². The Labute approximate surface area is 295 Å². The molecule has 7 aromatic carbocycles. The average Bonchev–Trinajstić information content (AvgIpc) is 3.88. The first kappa shape index (κ1) is 28.2. The number of hydrogen-bond donors (Lipinski definition) is 0. The summed E-state index contributed by atoms with van der Waals surface area (Å²) in [7, 11) is 0. The molecule has 0 aliphatic heterocycles. The first-order valence-electron chi connectivity index (χ1n) is 17.0. The Kier molecular flexibility index (Phi) is 6.05. The molecular weight excluding hydrogens is 645 g/mol. The fourth-order valence-electron chi connectivity index (χ4n) is 7.67. The van der Waals surface area contributed by atoms with E-state index < -0.39 is 0 Å². The van der Waals surface area contributed by atoms with E-state index in [0.29, 0.717) is 17.5 Å². The highest BCUT2D eigenvalue weighted by atomic mass is 32.1. The lowest BCUT2D eigenvalue weighted by Gasteiger charge is -2.13. The Morgan fingerprint density at radius 1 is 0.431 bits per heavy atom. The summed E-state index contributed by atoms with van der Waals surface area (Å²) in [5.74, 6) is 1.79. The van der Waals surface area contributed by atoms with Crippen molar-refractivity contribution in [3.05, 3.63) is 158 Å². The molecule has 0 spiro atoms. The van der Waals surface area contributed by atoms with Gasteiger partial charge in [-0.25, -0.2) is 15.0 Å². The number of thiophene rings is 1. The summed E-state index contributed by atoms with van der Waals surface area (Å²) in [5, 5.41) is 6.76. The summed E-state index contributed by atoms with van der Waals surface area (Å²) in [4.78, 5) is 15.9. The summed E-state index contributed by atoms with van der Waals surface area (Å²) in [5.41, 5.74) is 7.58. The van der Waals surface area contributed by atoms with Crippen LogP contribution >= 0.6 is 11.3 Å². The van der Waals surface area contributed by atoms with Crippen LogP contribution in [0.5, 0.6) is 0 Å². The molecule has 4 heterocycles. The molecule has 0 radical (unpaired) electrons. The van der Waals surface area contributed by atoms with E-state index in [4.69, 9.17) is 19.4 Å². The molecule has 0 amide bonds. The maximum Gasteiger partial charge on any atom is 0.167 e. The van der Waals surface area contributed by atoms with Crippen molar-refractivity contribution in [1.29, 1.82) is 0 Å². The van der Waals surface area contributed by atoms with Gasteiger partial charge in [0.25, 0.3) is 0 Å². The molecule has 0 atom stereocenters. The maximum atomic E-state index is 6.53. The highest BCUT2D eigenvalue weighted by Crippen LogP contribution is 2.42. The molecule has 0 unspecified atom stereocenters. The topological polar surface area (TPSA) is 56.7 Å². The van der Waals surface area contributed by atoms with Crippen molar-refractivity contribution in [3.8, 4) is 39.9 Å². The molecule has 0 bridgehead atoms. The van der Waals surface area contributed by atoms with Crippen molar-refractivity contribution in [2.45, 2.75) is 0 Å². The zero-order chi connectivity index (χ0) is 33.5. The van der Waals surface area contributed by atoms with Crippen LogP contribution in [0.2, 0.25) is 0 Å². The van der Waals surface area contributed by atoms with Crippen molar-refractivity contribution in [2.24, 2.45) is 0 Å². The highest BCUT2D eigenvalue weighted by Gasteiger charge is 2.22. The van der Waals surface area contributed by atoms with Crippen LogP contribution in [0.4, 0.5) is 0 Å². The van der Waals surface area contributed by atoms with Gasteiger partial charge in [-0.1, -0.05) is 109 Å². The largest absolute Gasteiger partial charge is 0.455 e. The SMILES string of the molecule is c1ccc(-n2c3ccccc3c3cccc(-c4nc(-c5cccc6c5oc5ccccc56)nc(-c5cccc6sc7ccccc7c56)n4)c32)cc1. The van der Waals surface area contributed by atoms with Gasteiger partial charge < -0.3 is 8.98 Å². The molecule has 0 aliphatic carbocycles. The molecule has 0 N–H and O–H groups in total. The summed E-state index contributed by atoms with van der Waals surface area (Å²) in [6.07, 6.45) is 0. The van der Waals surface area contributed by atoms with Gasteiger partial charge in [0.05, 0.1) is 16.6 Å². The van der Waals surface area contributed by atoms with Crippen LogP contribution in [0.1, 0.15) is 0 Å². The van der Waals surface area contributed by atoms with E-state index in [9.17, 15) is 0 Å². The number of furan rings is 1. The predicted molar refractivity (Wildman–Crippen MR) is 211 cm³/mol. The maximum absolute atomic E-state index is 6.53. The lowest BCUT2D eigenvalue weighted by Crippen LogP contribution is -2.02. The normalized spacial score (nSPS) is 11.9. The summed E-state index contributed by atoms with van der Waals surface area (Å²) >= 11 is 1.79. The second-order valence-electron chi connectivity index (χ2n) is 12.8. The monoisotopic (exact) mass is 670 g/mol. The van der Waals surface area contributed by atoms with E-state index in [0.717, 1.165) is 66.1 Å². The molecule has 0 aliphatic rings. The van der Waals surface area contributed by atoms with E-state index in [1.807, 2.05) is 18.2 Å². The van der Waals surface area contributed by atoms with Crippen LogP contribution in [0.25, 0.3) is 104 Å². The van der Waals surface area contributed by atoms with Crippen LogP contribution in [0.3, 0.4) is 0 Å². The smallest absolute Gasteiger partial charge is 0.167 e. The van der Waals surface area contributed by atoms with Gasteiger partial charge in [-0.05, 0) is 48.5 Å². The molecule has 4 aromatic heterocycles. The lowest BCUT2D eigenvalue weighted by molar-refractivity contribution is 0.669. The van der Waals surface area contributed by atoms with Crippen molar-refractivity contribution in [2.75, 3.05) is 0 Å². The van der Waals surface area contributed by atoms with Crippen molar-refractivity contribution in [3.63, 3.8) is 0 Å². The van der Waals surface area contributed by atoms with E-state index >= 15 is 0 Å². The Morgan fingerprint density at radius 2 is 1.02 bits per heavy atom. The van der Waals surface area contributed by atoms with Crippen molar-refractivity contribution >= 4 is 75.3 Å². The van der Waals surface area contributed by atoms with Crippen molar-refractivity contribution in [1.82, 2.24) is 19.5 Å². The molecule has 5 nitrogen and oxygen atoms in total. The third-order valence-electron chi connectivity index (χ3n) is 9.87. The van der Waals surface area contributed by atoms with E-state index in [1.54, 1.807) is 11.3 Å². The molecule has 0 saturated heterocycles. The molecule has 6 heteroatoms. The van der Waals surface area contributed by atoms with Gasteiger partial charge in [-0.3, -0.25) is 0 Å². The predicted octanol–water partition coefficient (Wildman–Crippen LogP) is 12.2. The summed E-state index contributed by atoms with van der Waals surface area (Å²) < 4.78 is 11.3. The van der Waals surface area contributed by atoms with Crippen LogP contribution < -0.4 is 0 Å². The average molecular weight is 671 g/mol. The van der Waals surface area contributed by atoms with Crippen LogP contribution in [0.15, 0.2) is 162 Å². The van der Waals surface area contributed by atoms with Gasteiger partial charge in [0.2, 0.25) is 0 Å². The molecule has 51 heavy (non-hydrogen) atoms. The van der Waals surface area contributed by atoms with Crippen LogP contribution in [-0.2, 0) is 0 Å². The number of hydrogen-bond acceptors (Lipinski definition) is 5. The lowest BCUT2D eigenvalue weighted by atomic mass is 10.0. The zero-order valence-corrected chi connectivity index (χ0v) is 27.9. The quantitative estimate of drug-likeness (QED) is 0.187. The summed E-state index contributed by atoms with van der Waals surface area (Å²) in [6, 6.07) is 54.9. The van der Waals surface area contributed by atoms with E-state index in [1.165, 1.54) is 20.2 Å². The molecule has 238 valence electrons. The third kappa shape index (κ3) is 4.24. The van der Waals surface area contributed by atoms with Crippen LogP contribution in [0, 0.1) is 0 Å². The van der Waals surface area contributed by atoms with Crippen molar-refractivity contribution < 1.29 is 4.42 Å². The minimum Gasteiger partial charge on any atom is -0.455 e. The minimum absolute atomic E-state index is 0.565. The number of nitrogens with zero attached hydrogens (tertiary/aromatic N) is 4. The van der Waals surface area contributed by atoms with E-state index in [2.05, 4.69) is 144 Å². The Balaban J connectivity index is 1.26. The van der Waals surface area contributed by atoms with Crippen LogP contribution in [-0.4, -0.2) is 19.5 Å². The van der Waals surface area contributed by atoms with Gasteiger partial charge in [-0.2, -0.15) is 0 Å². The zero-order valence-electron chi connectivity index (χ0n) is 27.1. The first-order chi connectivity index (χ1) is 25.3. The summed E-state index contributed by atoms with van der Waals surface area (Å²) in [6.45, 7) is 0. The number of benzene rings is 7. The molecule has 0 saturated carbocycles. The highest BCUT2D eigenvalue weighted by molar-refractivity contribution is 7.25.